The molecule has 0 amide bonds. The zero-order chi connectivity index (χ0) is 24.9. The van der Waals surface area contributed by atoms with E-state index in [1.807, 2.05) is 36.4 Å². The van der Waals surface area contributed by atoms with Gasteiger partial charge >= 0.3 is 0 Å². The Bertz CT molecular complexity index is 1580. The van der Waals surface area contributed by atoms with Crippen molar-refractivity contribution >= 4 is 39.1 Å². The molecule has 0 unspecified atom stereocenters. The highest BCUT2D eigenvalue weighted by molar-refractivity contribution is 7.14. The number of ether oxygens (including phenoxy) is 1. The highest BCUT2D eigenvalue weighted by Crippen LogP contribution is 2.29. The fourth-order valence-electron chi connectivity index (χ4n) is 3.69. The van der Waals surface area contributed by atoms with Crippen LogP contribution in [-0.2, 0) is 6.61 Å². The average molecular weight is 499 g/mol. The first-order valence-corrected chi connectivity index (χ1v) is 11.8. The molecule has 0 aliphatic carbocycles. The Labute approximate surface area is 209 Å². The predicted molar refractivity (Wildman–Crippen MR) is 140 cm³/mol. The fraction of sp³-hybridized carbons (Fsp3) is 0.0370. The summed E-state index contributed by atoms with van der Waals surface area (Å²) in [5, 5.41) is 19.7. The standard InChI is InChI=1S/C27H19FN4O3S/c28-24-11-4-2-7-20(24)16-35-26-13-12-18-6-1-3-10-22(18)23(26)15-29-31-27-30-25(17-36-27)19-8-5-9-21(14-19)32(33)34/h1-15,17H,16H2,(H,30,31)/b29-15-. The van der Waals surface area contributed by atoms with Crippen LogP contribution in [0.4, 0.5) is 15.2 Å². The summed E-state index contributed by atoms with van der Waals surface area (Å²) in [5.41, 5.74) is 5.39. The SMILES string of the molecule is O=[N+]([O-])c1cccc(-c2csc(N/N=C\c3c(OCc4ccccc4F)ccc4ccccc34)n2)c1. The molecule has 178 valence electrons. The van der Waals surface area contributed by atoms with Gasteiger partial charge in [-0.3, -0.25) is 15.5 Å². The molecular formula is C27H19FN4O3S. The third-order valence-electron chi connectivity index (χ3n) is 5.48. The summed E-state index contributed by atoms with van der Waals surface area (Å²) in [4.78, 5) is 15.1. The Morgan fingerprint density at radius 3 is 2.75 bits per heavy atom. The van der Waals surface area contributed by atoms with E-state index in [1.165, 1.54) is 29.5 Å². The molecular weight excluding hydrogens is 479 g/mol. The summed E-state index contributed by atoms with van der Waals surface area (Å²) >= 11 is 1.33. The van der Waals surface area contributed by atoms with Gasteiger partial charge in [-0.05, 0) is 22.9 Å². The minimum Gasteiger partial charge on any atom is -0.488 e. The second-order valence-electron chi connectivity index (χ2n) is 7.79. The van der Waals surface area contributed by atoms with Crippen LogP contribution in [0.15, 0.2) is 95.4 Å². The molecule has 36 heavy (non-hydrogen) atoms. The molecule has 0 radical (unpaired) electrons. The normalized spacial score (nSPS) is 11.1. The first-order valence-electron chi connectivity index (χ1n) is 11.0. The maximum Gasteiger partial charge on any atom is 0.270 e. The van der Waals surface area contributed by atoms with E-state index >= 15 is 0 Å². The van der Waals surface area contributed by atoms with Crippen molar-refractivity contribution in [1.29, 1.82) is 0 Å². The highest BCUT2D eigenvalue weighted by atomic mass is 32.1. The fourth-order valence-corrected chi connectivity index (χ4v) is 4.36. The molecule has 0 aliphatic rings. The molecule has 9 heteroatoms. The van der Waals surface area contributed by atoms with Crippen LogP contribution in [0.25, 0.3) is 22.0 Å². The van der Waals surface area contributed by atoms with Crippen molar-refractivity contribution in [2.45, 2.75) is 6.61 Å². The monoisotopic (exact) mass is 498 g/mol. The topological polar surface area (TPSA) is 89.7 Å². The van der Waals surface area contributed by atoms with Gasteiger partial charge in [-0.15, -0.1) is 11.3 Å². The molecule has 0 atom stereocenters. The number of hydrogen-bond acceptors (Lipinski definition) is 7. The summed E-state index contributed by atoms with van der Waals surface area (Å²) in [5.74, 6) is 0.248. The number of non-ortho nitro benzene ring substituents is 1. The summed E-state index contributed by atoms with van der Waals surface area (Å²) in [6, 6.07) is 24.5. The summed E-state index contributed by atoms with van der Waals surface area (Å²) in [6.45, 7) is 0.0817. The number of aromatic nitrogens is 1. The second kappa shape index (κ2) is 10.3. The van der Waals surface area contributed by atoms with Crippen LogP contribution in [0, 0.1) is 15.9 Å². The first-order chi connectivity index (χ1) is 17.6. The second-order valence-corrected chi connectivity index (χ2v) is 8.65. The molecule has 4 aromatic carbocycles. The Kier molecular flexibility index (Phi) is 6.63. The lowest BCUT2D eigenvalue weighted by atomic mass is 10.0. The average Bonchev–Trinajstić information content (AvgIpc) is 3.38. The number of hydrazone groups is 1. The molecule has 5 rings (SSSR count). The van der Waals surface area contributed by atoms with Crippen LogP contribution in [0.3, 0.4) is 0 Å². The number of fused-ring (bicyclic) bond motifs is 1. The van der Waals surface area contributed by atoms with E-state index in [1.54, 1.807) is 41.9 Å². The molecule has 0 spiro atoms. The van der Waals surface area contributed by atoms with Crippen molar-refractivity contribution in [2.75, 3.05) is 5.43 Å². The molecule has 0 bridgehead atoms. The van der Waals surface area contributed by atoms with Gasteiger partial charge < -0.3 is 4.74 Å². The van der Waals surface area contributed by atoms with E-state index in [-0.39, 0.29) is 18.1 Å². The van der Waals surface area contributed by atoms with Crippen molar-refractivity contribution in [3.8, 4) is 17.0 Å². The van der Waals surface area contributed by atoms with Gasteiger partial charge in [-0.1, -0.05) is 60.7 Å². The van der Waals surface area contributed by atoms with Crippen molar-refractivity contribution in [3.63, 3.8) is 0 Å². The van der Waals surface area contributed by atoms with Crippen LogP contribution < -0.4 is 10.2 Å². The molecule has 0 fully saturated rings. The van der Waals surface area contributed by atoms with Crippen molar-refractivity contribution in [1.82, 2.24) is 4.98 Å². The van der Waals surface area contributed by atoms with E-state index in [9.17, 15) is 14.5 Å². The van der Waals surface area contributed by atoms with Gasteiger partial charge in [-0.25, -0.2) is 9.37 Å². The van der Waals surface area contributed by atoms with Gasteiger partial charge in [-0.2, -0.15) is 5.10 Å². The number of benzene rings is 4. The van der Waals surface area contributed by atoms with Gasteiger partial charge in [0.2, 0.25) is 5.13 Å². The zero-order valence-corrected chi connectivity index (χ0v) is 19.6. The van der Waals surface area contributed by atoms with Crippen LogP contribution in [0.5, 0.6) is 5.75 Å². The number of nitrogens with zero attached hydrogens (tertiary/aromatic N) is 3. The summed E-state index contributed by atoms with van der Waals surface area (Å²) < 4.78 is 20.0. The molecule has 7 nitrogen and oxygen atoms in total. The number of anilines is 1. The smallest absolute Gasteiger partial charge is 0.270 e. The van der Waals surface area contributed by atoms with Crippen LogP contribution >= 0.6 is 11.3 Å². The molecule has 0 saturated carbocycles. The number of nitro benzene ring substituents is 1. The maximum absolute atomic E-state index is 14.1. The highest BCUT2D eigenvalue weighted by Gasteiger charge is 2.11. The Morgan fingerprint density at radius 1 is 1.06 bits per heavy atom. The van der Waals surface area contributed by atoms with Gasteiger partial charge in [0.05, 0.1) is 16.8 Å². The maximum atomic E-state index is 14.1. The summed E-state index contributed by atoms with van der Waals surface area (Å²) in [7, 11) is 0. The quantitative estimate of drug-likeness (QED) is 0.141. The van der Waals surface area contributed by atoms with Crippen LogP contribution in [0.2, 0.25) is 0 Å². The van der Waals surface area contributed by atoms with Gasteiger partial charge in [0, 0.05) is 34.2 Å². The lowest BCUT2D eigenvalue weighted by molar-refractivity contribution is -0.384. The molecule has 5 aromatic rings. The lowest BCUT2D eigenvalue weighted by Crippen LogP contribution is -2.01. The van der Waals surface area contributed by atoms with E-state index in [2.05, 4.69) is 15.5 Å². The lowest BCUT2D eigenvalue weighted by Gasteiger charge is -2.12. The molecule has 1 heterocycles. The third kappa shape index (κ3) is 5.06. The van der Waals surface area contributed by atoms with E-state index in [0.717, 1.165) is 16.3 Å². The van der Waals surface area contributed by atoms with Crippen molar-refractivity contribution < 1.29 is 14.1 Å². The molecule has 0 aliphatic heterocycles. The predicted octanol–water partition coefficient (Wildman–Crippen LogP) is 7.04. The molecule has 0 saturated heterocycles. The first kappa shape index (κ1) is 23.1. The van der Waals surface area contributed by atoms with Crippen LogP contribution in [-0.4, -0.2) is 16.1 Å². The van der Waals surface area contributed by atoms with Gasteiger partial charge in [0.25, 0.3) is 5.69 Å². The third-order valence-corrected chi connectivity index (χ3v) is 6.23. The zero-order valence-electron chi connectivity index (χ0n) is 18.8. The van der Waals surface area contributed by atoms with E-state index < -0.39 is 4.92 Å². The number of thiazole rings is 1. The number of halogens is 1. The van der Waals surface area contributed by atoms with E-state index in [0.29, 0.717) is 27.7 Å². The Balaban J connectivity index is 1.38. The van der Waals surface area contributed by atoms with Gasteiger partial charge in [0.15, 0.2) is 0 Å². The van der Waals surface area contributed by atoms with E-state index in [4.69, 9.17) is 4.74 Å². The molecule has 1 aromatic heterocycles. The van der Waals surface area contributed by atoms with Crippen LogP contribution in [0.1, 0.15) is 11.1 Å². The minimum atomic E-state index is -0.435. The number of nitrogens with one attached hydrogen (secondary N) is 1. The largest absolute Gasteiger partial charge is 0.488 e. The number of hydrogen-bond donors (Lipinski definition) is 1. The Hall–Kier alpha value is -4.63. The van der Waals surface area contributed by atoms with Gasteiger partial charge in [0.1, 0.15) is 18.2 Å². The van der Waals surface area contributed by atoms with Crippen molar-refractivity contribution in [2.24, 2.45) is 5.10 Å². The Morgan fingerprint density at radius 2 is 1.89 bits per heavy atom. The minimum absolute atomic E-state index is 0.00639. The summed E-state index contributed by atoms with van der Waals surface area (Å²) in [6.07, 6.45) is 1.65. The number of rotatable bonds is 8. The van der Waals surface area contributed by atoms with Crippen molar-refractivity contribution in [3.05, 3.63) is 117 Å². The molecule has 1 N–H and O–H groups in total. The number of nitro groups is 1.